The van der Waals surface area contributed by atoms with Gasteiger partial charge in [-0.05, 0) is 42.7 Å². The van der Waals surface area contributed by atoms with Gasteiger partial charge in [0.05, 0.1) is 6.10 Å². The van der Waals surface area contributed by atoms with Crippen LogP contribution in [0.4, 0.5) is 4.39 Å². The number of nitrogens with zero attached hydrogens (tertiary/aromatic N) is 2. The summed E-state index contributed by atoms with van der Waals surface area (Å²) in [5, 5.41) is 10.1. The third-order valence-corrected chi connectivity index (χ3v) is 5.92. The summed E-state index contributed by atoms with van der Waals surface area (Å²) in [6, 6.07) is 9.11. The number of rotatable bonds is 1. The molecular weight excluding hydrogens is 349 g/mol. The first-order valence-corrected chi connectivity index (χ1v) is 9.15. The fourth-order valence-electron chi connectivity index (χ4n) is 4.66. The van der Waals surface area contributed by atoms with Crippen molar-refractivity contribution in [2.24, 2.45) is 16.6 Å². The lowest BCUT2D eigenvalue weighted by molar-refractivity contribution is -0.0360. The first-order valence-electron chi connectivity index (χ1n) is 9.15. The van der Waals surface area contributed by atoms with Gasteiger partial charge in [-0.3, -0.25) is 0 Å². The smallest absolute Gasteiger partial charge is 0.283 e. The molecule has 27 heavy (non-hydrogen) atoms. The fourth-order valence-corrected chi connectivity index (χ4v) is 4.66. The van der Waals surface area contributed by atoms with Gasteiger partial charge in [0, 0.05) is 29.7 Å². The van der Waals surface area contributed by atoms with Gasteiger partial charge in [-0.15, -0.1) is 0 Å². The summed E-state index contributed by atoms with van der Waals surface area (Å²) >= 11 is 0. The number of aliphatic hydroxyl groups excluding tert-OH is 1. The Balaban J connectivity index is 1.67. The van der Waals surface area contributed by atoms with Crippen LogP contribution in [0.5, 0.6) is 5.75 Å². The zero-order valence-electron chi connectivity index (χ0n) is 14.6. The van der Waals surface area contributed by atoms with Crippen molar-refractivity contribution in [3.8, 4) is 16.9 Å². The summed E-state index contributed by atoms with van der Waals surface area (Å²) in [5.74, 6) is 0.205. The molecule has 0 saturated heterocycles. The van der Waals surface area contributed by atoms with E-state index in [0.717, 1.165) is 12.0 Å². The molecule has 3 heterocycles. The minimum Gasteiger partial charge on any atom is -0.490 e. The Morgan fingerprint density at radius 3 is 2.93 bits per heavy atom. The number of ether oxygens (including phenoxy) is 2. The third kappa shape index (κ3) is 2.49. The number of aromatic nitrogens is 1. The third-order valence-electron chi connectivity index (χ3n) is 5.92. The lowest BCUT2D eigenvalue weighted by atomic mass is 9.67. The summed E-state index contributed by atoms with van der Waals surface area (Å²) in [6.45, 7) is 0.325. The molecule has 1 aromatic heterocycles. The molecule has 6 nitrogen and oxygen atoms in total. The highest BCUT2D eigenvalue weighted by molar-refractivity contribution is 5.75. The Bertz CT molecular complexity index is 934. The van der Waals surface area contributed by atoms with Gasteiger partial charge in [-0.1, -0.05) is 6.07 Å². The zero-order valence-corrected chi connectivity index (χ0v) is 14.6. The topological polar surface area (TPSA) is 90.0 Å². The highest BCUT2D eigenvalue weighted by Gasteiger charge is 2.55. The number of hydrogen-bond acceptors (Lipinski definition) is 6. The van der Waals surface area contributed by atoms with Crippen molar-refractivity contribution in [2.75, 3.05) is 6.61 Å². The summed E-state index contributed by atoms with van der Waals surface area (Å²) in [4.78, 5) is 8.43. The van der Waals surface area contributed by atoms with Crippen LogP contribution < -0.4 is 10.5 Å². The highest BCUT2D eigenvalue weighted by atomic mass is 19.1. The van der Waals surface area contributed by atoms with E-state index in [4.69, 9.17) is 15.2 Å². The van der Waals surface area contributed by atoms with Gasteiger partial charge in [0.15, 0.2) is 0 Å². The van der Waals surface area contributed by atoms with Crippen LogP contribution in [0.1, 0.15) is 24.8 Å². The van der Waals surface area contributed by atoms with Crippen molar-refractivity contribution in [3.63, 3.8) is 0 Å². The second-order valence-corrected chi connectivity index (χ2v) is 7.45. The van der Waals surface area contributed by atoms with E-state index in [1.807, 2.05) is 18.2 Å². The van der Waals surface area contributed by atoms with Crippen molar-refractivity contribution in [1.82, 2.24) is 4.98 Å². The average molecular weight is 369 g/mol. The molecule has 1 saturated carbocycles. The normalized spacial score (nSPS) is 31.5. The Morgan fingerprint density at radius 1 is 1.26 bits per heavy atom. The molecule has 2 aromatic rings. The molecule has 1 aromatic carbocycles. The number of hydrogen-bond donors (Lipinski definition) is 2. The van der Waals surface area contributed by atoms with E-state index in [2.05, 4.69) is 9.98 Å². The van der Waals surface area contributed by atoms with Crippen molar-refractivity contribution < 1.29 is 19.0 Å². The van der Waals surface area contributed by atoms with Gasteiger partial charge >= 0.3 is 0 Å². The molecule has 4 atom stereocenters. The Morgan fingerprint density at radius 2 is 2.15 bits per heavy atom. The summed E-state index contributed by atoms with van der Waals surface area (Å²) in [5.41, 5.74) is 7.20. The molecule has 5 rings (SSSR count). The van der Waals surface area contributed by atoms with Gasteiger partial charge in [0.1, 0.15) is 24.0 Å². The predicted octanol–water partition coefficient (Wildman–Crippen LogP) is 2.35. The van der Waals surface area contributed by atoms with Gasteiger partial charge < -0.3 is 20.3 Å². The van der Waals surface area contributed by atoms with Crippen LogP contribution in [0.25, 0.3) is 11.1 Å². The van der Waals surface area contributed by atoms with E-state index < -0.39 is 11.5 Å². The first-order chi connectivity index (χ1) is 13.1. The molecule has 3 aliphatic rings. The van der Waals surface area contributed by atoms with E-state index >= 15 is 0 Å². The molecular formula is C20H20FN3O3. The van der Waals surface area contributed by atoms with E-state index in [0.29, 0.717) is 36.3 Å². The average Bonchev–Trinajstić information content (AvgIpc) is 3.04. The summed E-state index contributed by atoms with van der Waals surface area (Å²) in [7, 11) is 0. The Hall–Kier alpha value is -2.67. The van der Waals surface area contributed by atoms with Crippen molar-refractivity contribution >= 4 is 6.02 Å². The van der Waals surface area contributed by atoms with Crippen LogP contribution in [-0.4, -0.2) is 34.9 Å². The van der Waals surface area contributed by atoms with Crippen LogP contribution in [0.2, 0.25) is 0 Å². The second-order valence-electron chi connectivity index (χ2n) is 7.45. The fraction of sp³-hybridized carbons (Fsp3) is 0.400. The standard InChI is InChI=1S/C20H20FN3O3/c21-18-13(2-1-7-23-18)11-3-6-16-15(8-11)20(10-26-19(22)24-20)14-5-4-12(25)9-17(14)27-16/h1-3,6-8,12,14,17,25H,4-5,9-10H2,(H2,22,24). The van der Waals surface area contributed by atoms with E-state index in [-0.39, 0.29) is 24.1 Å². The molecule has 2 aliphatic heterocycles. The summed E-state index contributed by atoms with van der Waals surface area (Å²) in [6.07, 6.45) is 2.90. The molecule has 3 N–H and O–H groups in total. The number of aliphatic hydroxyl groups is 1. The molecule has 1 aliphatic carbocycles. The molecule has 4 unspecified atom stereocenters. The number of pyridine rings is 1. The largest absolute Gasteiger partial charge is 0.490 e. The van der Waals surface area contributed by atoms with Gasteiger partial charge in [-0.25, -0.2) is 9.98 Å². The maximum absolute atomic E-state index is 14.2. The van der Waals surface area contributed by atoms with Crippen molar-refractivity contribution in [3.05, 3.63) is 48.0 Å². The molecule has 0 amide bonds. The number of halogens is 1. The molecule has 1 fully saturated rings. The molecule has 0 radical (unpaired) electrons. The van der Waals surface area contributed by atoms with Crippen LogP contribution in [0.15, 0.2) is 41.5 Å². The Kier molecular flexibility index (Phi) is 3.62. The highest BCUT2D eigenvalue weighted by Crippen LogP contribution is 2.53. The first kappa shape index (κ1) is 16.5. The lowest BCUT2D eigenvalue weighted by Gasteiger charge is -2.47. The number of benzene rings is 1. The van der Waals surface area contributed by atoms with Crippen LogP contribution in [-0.2, 0) is 10.3 Å². The quantitative estimate of drug-likeness (QED) is 0.753. The van der Waals surface area contributed by atoms with Gasteiger partial charge in [0.25, 0.3) is 6.02 Å². The van der Waals surface area contributed by atoms with E-state index in [1.165, 1.54) is 6.20 Å². The number of amidine groups is 1. The van der Waals surface area contributed by atoms with Gasteiger partial charge in [-0.2, -0.15) is 4.39 Å². The summed E-state index contributed by atoms with van der Waals surface area (Å²) < 4.78 is 26.0. The lowest BCUT2D eigenvalue weighted by Crippen LogP contribution is -2.51. The van der Waals surface area contributed by atoms with E-state index in [1.54, 1.807) is 12.1 Å². The Labute approximate surface area is 155 Å². The minimum atomic E-state index is -0.669. The van der Waals surface area contributed by atoms with Crippen LogP contribution in [0, 0.1) is 11.9 Å². The maximum Gasteiger partial charge on any atom is 0.283 e. The minimum absolute atomic E-state index is 0.0449. The molecule has 7 heteroatoms. The predicted molar refractivity (Wildman–Crippen MR) is 96.6 cm³/mol. The van der Waals surface area contributed by atoms with Crippen LogP contribution >= 0.6 is 0 Å². The van der Waals surface area contributed by atoms with Crippen molar-refractivity contribution in [1.29, 1.82) is 0 Å². The maximum atomic E-state index is 14.2. The second kappa shape index (κ2) is 5.92. The van der Waals surface area contributed by atoms with Gasteiger partial charge in [0.2, 0.25) is 5.95 Å². The molecule has 0 bridgehead atoms. The number of aliphatic imine (C=N–C) groups is 1. The number of nitrogens with two attached hydrogens (primary N) is 1. The van der Waals surface area contributed by atoms with Crippen LogP contribution in [0.3, 0.4) is 0 Å². The SMILES string of the molecule is NC1=NC2(CO1)c1cc(-c3cccnc3F)ccc1OC1CC(O)CCC12. The molecule has 1 spiro atoms. The number of fused-ring (bicyclic) bond motifs is 4. The monoisotopic (exact) mass is 369 g/mol. The van der Waals surface area contributed by atoms with E-state index in [9.17, 15) is 9.50 Å². The van der Waals surface area contributed by atoms with Crippen molar-refractivity contribution in [2.45, 2.75) is 37.0 Å². The zero-order chi connectivity index (χ0) is 18.6. The molecule has 140 valence electrons.